The van der Waals surface area contributed by atoms with Crippen LogP contribution in [0.2, 0.25) is 0 Å². The van der Waals surface area contributed by atoms with Gasteiger partial charge >= 0.3 is 0 Å². The monoisotopic (exact) mass is 138 g/mol. The van der Waals surface area contributed by atoms with E-state index in [1.807, 2.05) is 0 Å². The molecule has 48 valence electrons. The number of hydrogen-bond donors (Lipinski definition) is 2. The number of rotatable bonds is 3. The van der Waals surface area contributed by atoms with Crippen LogP contribution in [0.4, 0.5) is 0 Å². The smallest absolute Gasteiger partial charge is 0.160 e. The van der Waals surface area contributed by atoms with Crippen LogP contribution in [-0.2, 0) is 16.0 Å². The second kappa shape index (κ2) is 3.59. The van der Waals surface area contributed by atoms with E-state index in [0.717, 1.165) is 0 Å². The van der Waals surface area contributed by atoms with Crippen LogP contribution in [0, 0.1) is 0 Å². The summed E-state index contributed by atoms with van der Waals surface area (Å²) in [5.74, 6) is -0.373. The first-order valence-corrected chi connectivity index (χ1v) is 3.01. The standard InChI is InChI=1S/C3H6O4S/c1-3(7-4)2-8(5)6/h4H,1-2H2,(H,5,6). The molecule has 0 amide bonds. The maximum atomic E-state index is 9.83. The molecule has 0 bridgehead atoms. The average Bonchev–Trinajstić information content (AvgIpc) is 1.65. The maximum Gasteiger partial charge on any atom is 0.160 e. The summed E-state index contributed by atoms with van der Waals surface area (Å²) in [5.41, 5.74) is 0. The fourth-order valence-electron chi connectivity index (χ4n) is 0.164. The average molecular weight is 138 g/mol. The molecular weight excluding hydrogens is 132 g/mol. The Morgan fingerprint density at radius 1 is 1.88 bits per heavy atom. The van der Waals surface area contributed by atoms with Gasteiger partial charge in [0, 0.05) is 0 Å². The van der Waals surface area contributed by atoms with Gasteiger partial charge in [0.2, 0.25) is 0 Å². The molecule has 0 radical (unpaired) electrons. The first-order valence-electron chi connectivity index (χ1n) is 1.73. The van der Waals surface area contributed by atoms with Gasteiger partial charge in [-0.1, -0.05) is 6.58 Å². The fourth-order valence-corrected chi connectivity index (χ4v) is 0.492. The van der Waals surface area contributed by atoms with Gasteiger partial charge in [-0.3, -0.25) is 0 Å². The zero-order valence-corrected chi connectivity index (χ0v) is 4.85. The van der Waals surface area contributed by atoms with Gasteiger partial charge in [-0.25, -0.2) is 9.47 Å². The second-order valence-electron chi connectivity index (χ2n) is 1.10. The molecule has 0 rings (SSSR count). The lowest BCUT2D eigenvalue weighted by molar-refractivity contribution is -0.201. The molecule has 0 aliphatic heterocycles. The highest BCUT2D eigenvalue weighted by atomic mass is 32.2. The highest BCUT2D eigenvalue weighted by Gasteiger charge is 1.97. The van der Waals surface area contributed by atoms with Crippen molar-refractivity contribution in [2.75, 3.05) is 5.75 Å². The van der Waals surface area contributed by atoms with E-state index in [0.29, 0.717) is 0 Å². The zero-order chi connectivity index (χ0) is 6.57. The maximum absolute atomic E-state index is 9.83. The highest BCUT2D eigenvalue weighted by molar-refractivity contribution is 7.79. The van der Waals surface area contributed by atoms with Crippen LogP contribution in [0.1, 0.15) is 0 Å². The van der Waals surface area contributed by atoms with Crippen LogP contribution in [0.25, 0.3) is 0 Å². The molecule has 0 saturated heterocycles. The van der Waals surface area contributed by atoms with Gasteiger partial charge in [-0.05, 0) is 0 Å². The van der Waals surface area contributed by atoms with E-state index in [1.54, 1.807) is 0 Å². The first-order chi connectivity index (χ1) is 3.66. The molecule has 0 fully saturated rings. The summed E-state index contributed by atoms with van der Waals surface area (Å²) in [6, 6.07) is 0. The van der Waals surface area contributed by atoms with Crippen molar-refractivity contribution < 1.29 is 18.9 Å². The third kappa shape index (κ3) is 3.79. The van der Waals surface area contributed by atoms with Crippen LogP contribution in [0.3, 0.4) is 0 Å². The molecule has 0 aliphatic rings. The van der Waals surface area contributed by atoms with E-state index in [4.69, 9.17) is 9.81 Å². The Hall–Kier alpha value is -0.390. The molecule has 0 spiro atoms. The van der Waals surface area contributed by atoms with Gasteiger partial charge in [0.1, 0.15) is 11.5 Å². The van der Waals surface area contributed by atoms with Crippen molar-refractivity contribution in [2.45, 2.75) is 0 Å². The third-order valence-electron chi connectivity index (χ3n) is 0.414. The molecule has 0 aromatic heterocycles. The topological polar surface area (TPSA) is 66.8 Å². The van der Waals surface area contributed by atoms with E-state index < -0.39 is 11.1 Å². The summed E-state index contributed by atoms with van der Waals surface area (Å²) >= 11 is -1.98. The molecule has 1 unspecified atom stereocenters. The largest absolute Gasteiger partial charge is 0.344 e. The molecule has 4 nitrogen and oxygen atoms in total. The van der Waals surface area contributed by atoms with Gasteiger partial charge in [0.05, 0.1) is 0 Å². The van der Waals surface area contributed by atoms with Crippen molar-refractivity contribution in [3.8, 4) is 0 Å². The van der Waals surface area contributed by atoms with Gasteiger partial charge in [0.15, 0.2) is 11.1 Å². The summed E-state index contributed by atoms with van der Waals surface area (Å²) in [5, 5.41) is 7.74. The molecule has 0 saturated carbocycles. The van der Waals surface area contributed by atoms with Crippen LogP contribution in [0.15, 0.2) is 12.3 Å². The summed E-state index contributed by atoms with van der Waals surface area (Å²) in [4.78, 5) is 3.51. The van der Waals surface area contributed by atoms with Crippen molar-refractivity contribution >= 4 is 11.1 Å². The summed E-state index contributed by atoms with van der Waals surface area (Å²) < 4.78 is 17.9. The molecule has 0 aromatic carbocycles. The van der Waals surface area contributed by atoms with E-state index >= 15 is 0 Å². The van der Waals surface area contributed by atoms with Crippen molar-refractivity contribution in [1.29, 1.82) is 0 Å². The minimum atomic E-state index is -1.98. The van der Waals surface area contributed by atoms with Crippen LogP contribution in [-0.4, -0.2) is 19.8 Å². The molecule has 0 aliphatic carbocycles. The van der Waals surface area contributed by atoms with Crippen LogP contribution < -0.4 is 0 Å². The van der Waals surface area contributed by atoms with Gasteiger partial charge in [0.25, 0.3) is 0 Å². The SMILES string of the molecule is C=C(CS(=O)O)OO. The molecule has 1 atom stereocenters. The Morgan fingerprint density at radius 3 is 2.50 bits per heavy atom. The Bertz CT molecular complexity index is 110. The van der Waals surface area contributed by atoms with Gasteiger partial charge in [-0.2, -0.15) is 0 Å². The van der Waals surface area contributed by atoms with Crippen LogP contribution in [0.5, 0.6) is 0 Å². The van der Waals surface area contributed by atoms with Gasteiger partial charge in [-0.15, -0.1) is 0 Å². The van der Waals surface area contributed by atoms with E-state index in [9.17, 15) is 4.21 Å². The lowest BCUT2D eigenvalue weighted by Gasteiger charge is -1.93. The fraction of sp³-hybridized carbons (Fsp3) is 0.333. The van der Waals surface area contributed by atoms with Crippen molar-refractivity contribution in [3.05, 3.63) is 12.3 Å². The number of hydrogen-bond acceptors (Lipinski definition) is 3. The Kier molecular flexibility index (Phi) is 3.42. The van der Waals surface area contributed by atoms with Crippen LogP contribution >= 0.6 is 0 Å². The molecule has 5 heteroatoms. The lowest BCUT2D eigenvalue weighted by Crippen LogP contribution is -1.98. The highest BCUT2D eigenvalue weighted by Crippen LogP contribution is 1.90. The van der Waals surface area contributed by atoms with Crippen molar-refractivity contribution in [3.63, 3.8) is 0 Å². The zero-order valence-electron chi connectivity index (χ0n) is 4.03. The van der Waals surface area contributed by atoms with Crippen molar-refractivity contribution in [1.82, 2.24) is 0 Å². The van der Waals surface area contributed by atoms with Crippen molar-refractivity contribution in [2.24, 2.45) is 0 Å². The first kappa shape index (κ1) is 7.61. The molecule has 0 aromatic rings. The van der Waals surface area contributed by atoms with Gasteiger partial charge < -0.3 is 9.44 Å². The van der Waals surface area contributed by atoms with E-state index in [1.165, 1.54) is 0 Å². The summed E-state index contributed by atoms with van der Waals surface area (Å²) in [6.07, 6.45) is 0. The molecule has 2 N–H and O–H groups in total. The lowest BCUT2D eigenvalue weighted by atomic mass is 10.7. The van der Waals surface area contributed by atoms with E-state index in [2.05, 4.69) is 11.5 Å². The minimum Gasteiger partial charge on any atom is -0.344 e. The normalized spacial score (nSPS) is 12.8. The minimum absolute atomic E-state index is 0.120. The predicted octanol–water partition coefficient (Wildman–Crippen LogP) is 0.211. The van der Waals surface area contributed by atoms with E-state index in [-0.39, 0.29) is 11.5 Å². The third-order valence-corrected chi connectivity index (χ3v) is 0.982. The Labute approximate surface area is 49.0 Å². The summed E-state index contributed by atoms with van der Waals surface area (Å²) in [7, 11) is 0. The molecule has 8 heavy (non-hydrogen) atoms. The predicted molar refractivity (Wildman–Crippen MR) is 28.5 cm³/mol. The quantitative estimate of drug-likeness (QED) is 0.253. The molecular formula is C3H6O4S. The molecule has 0 heterocycles. The second-order valence-corrected chi connectivity index (χ2v) is 2.03. The Morgan fingerprint density at radius 2 is 2.38 bits per heavy atom. The summed E-state index contributed by atoms with van der Waals surface area (Å²) in [6.45, 7) is 3.09. The Balaban J connectivity index is 3.40.